The van der Waals surface area contributed by atoms with Crippen LogP contribution in [0.25, 0.3) is 0 Å². The van der Waals surface area contributed by atoms with Crippen LogP contribution in [0.5, 0.6) is 0 Å². The summed E-state index contributed by atoms with van der Waals surface area (Å²) < 4.78 is 0. The highest BCUT2D eigenvalue weighted by atomic mass is 35.5. The predicted molar refractivity (Wildman–Crippen MR) is 88.1 cm³/mol. The van der Waals surface area contributed by atoms with Gasteiger partial charge < -0.3 is 4.90 Å². The Hall–Kier alpha value is -1.39. The lowest BCUT2D eigenvalue weighted by Gasteiger charge is -2.21. The van der Waals surface area contributed by atoms with Crippen molar-refractivity contribution in [1.82, 2.24) is 9.88 Å². The summed E-state index contributed by atoms with van der Waals surface area (Å²) in [5, 5.41) is 4.41. The molecule has 0 bridgehead atoms. The van der Waals surface area contributed by atoms with Gasteiger partial charge in [-0.25, -0.2) is 4.98 Å². The summed E-state index contributed by atoms with van der Waals surface area (Å²) in [6.45, 7) is 6.74. The van der Waals surface area contributed by atoms with E-state index in [9.17, 15) is 4.79 Å². The van der Waals surface area contributed by atoms with Crippen LogP contribution in [0.1, 0.15) is 42.4 Å². The van der Waals surface area contributed by atoms with Gasteiger partial charge in [-0.1, -0.05) is 32.4 Å². The molecule has 0 aliphatic heterocycles. The molecule has 0 fully saturated rings. The molecule has 0 N–H and O–H groups in total. The average molecular weight is 323 g/mol. The number of rotatable bonds is 3. The van der Waals surface area contributed by atoms with E-state index in [1.807, 2.05) is 22.9 Å². The first-order chi connectivity index (χ1) is 9.77. The molecule has 2 rings (SSSR count). The molecule has 0 saturated heterocycles. The van der Waals surface area contributed by atoms with Crippen LogP contribution in [0.4, 0.5) is 0 Å². The van der Waals surface area contributed by atoms with E-state index >= 15 is 0 Å². The van der Waals surface area contributed by atoms with Crippen LogP contribution in [-0.4, -0.2) is 22.8 Å². The molecule has 1 amide bonds. The quantitative estimate of drug-likeness (QED) is 0.786. The van der Waals surface area contributed by atoms with Crippen molar-refractivity contribution in [3.63, 3.8) is 0 Å². The maximum absolute atomic E-state index is 12.5. The first-order valence-electron chi connectivity index (χ1n) is 6.72. The lowest BCUT2D eigenvalue weighted by molar-refractivity contribution is 0.0785. The first kappa shape index (κ1) is 16.0. The second kappa shape index (κ2) is 6.16. The first-order valence-corrected chi connectivity index (χ1v) is 8.04. The maximum atomic E-state index is 12.5. The highest BCUT2D eigenvalue weighted by Crippen LogP contribution is 2.24. The van der Waals surface area contributed by atoms with Gasteiger partial charge in [0.1, 0.15) is 5.15 Å². The van der Waals surface area contributed by atoms with Crippen molar-refractivity contribution in [1.29, 1.82) is 0 Å². The number of pyridine rings is 1. The zero-order valence-electron chi connectivity index (χ0n) is 12.7. The summed E-state index contributed by atoms with van der Waals surface area (Å²) in [6, 6.07) is 5.48. The van der Waals surface area contributed by atoms with Gasteiger partial charge in [-0.2, -0.15) is 11.3 Å². The van der Waals surface area contributed by atoms with E-state index in [0.29, 0.717) is 17.3 Å². The summed E-state index contributed by atoms with van der Waals surface area (Å²) in [5.41, 5.74) is 2.39. The third-order valence-corrected chi connectivity index (χ3v) is 4.08. The van der Waals surface area contributed by atoms with Crippen LogP contribution < -0.4 is 0 Å². The van der Waals surface area contributed by atoms with Crippen LogP contribution in [-0.2, 0) is 12.0 Å². The lowest BCUT2D eigenvalue weighted by Crippen LogP contribution is -2.27. The molecule has 0 spiro atoms. The van der Waals surface area contributed by atoms with Crippen LogP contribution in [0.2, 0.25) is 5.15 Å². The van der Waals surface area contributed by atoms with Gasteiger partial charge in [0.15, 0.2) is 0 Å². The topological polar surface area (TPSA) is 33.2 Å². The summed E-state index contributed by atoms with van der Waals surface area (Å²) in [7, 11) is 1.80. The number of aromatic nitrogens is 1. The SMILES string of the molecule is CN(Cc1ccsc1)C(=O)c1cc(Cl)nc(C(C)(C)C)c1. The molecule has 21 heavy (non-hydrogen) atoms. The molecule has 0 saturated carbocycles. The molecular weight excluding hydrogens is 304 g/mol. The van der Waals surface area contributed by atoms with E-state index in [1.165, 1.54) is 0 Å². The van der Waals surface area contributed by atoms with Gasteiger partial charge in [-0.05, 0) is 34.5 Å². The summed E-state index contributed by atoms with van der Waals surface area (Å²) in [4.78, 5) is 18.6. The minimum Gasteiger partial charge on any atom is -0.337 e. The Morgan fingerprint density at radius 2 is 2.10 bits per heavy atom. The van der Waals surface area contributed by atoms with E-state index in [0.717, 1.165) is 11.3 Å². The van der Waals surface area contributed by atoms with Crippen molar-refractivity contribution in [3.05, 3.63) is 50.9 Å². The number of thiophene rings is 1. The second-order valence-electron chi connectivity index (χ2n) is 6.11. The predicted octanol–water partition coefficient (Wildman–Crippen LogP) is 4.37. The fourth-order valence-electron chi connectivity index (χ4n) is 1.95. The molecule has 0 radical (unpaired) electrons. The third kappa shape index (κ3) is 4.05. The van der Waals surface area contributed by atoms with Crippen LogP contribution in [0.3, 0.4) is 0 Å². The molecule has 0 aliphatic carbocycles. The van der Waals surface area contributed by atoms with Gasteiger partial charge in [-0.15, -0.1) is 0 Å². The molecule has 2 aromatic rings. The molecule has 0 aliphatic rings. The smallest absolute Gasteiger partial charge is 0.254 e. The molecule has 2 aromatic heterocycles. The number of hydrogen-bond donors (Lipinski definition) is 0. The Morgan fingerprint density at radius 1 is 1.38 bits per heavy atom. The minimum atomic E-state index is -0.147. The minimum absolute atomic E-state index is 0.0454. The Labute approximate surface area is 134 Å². The Kier molecular flexibility index (Phi) is 4.69. The fourth-order valence-corrected chi connectivity index (χ4v) is 2.82. The molecule has 0 aromatic carbocycles. The molecule has 5 heteroatoms. The van der Waals surface area contributed by atoms with Gasteiger partial charge in [0.2, 0.25) is 0 Å². The van der Waals surface area contributed by atoms with Crippen molar-refractivity contribution in [2.24, 2.45) is 0 Å². The number of hydrogen-bond acceptors (Lipinski definition) is 3. The van der Waals surface area contributed by atoms with Crippen molar-refractivity contribution in [2.45, 2.75) is 32.7 Å². The van der Waals surface area contributed by atoms with E-state index in [4.69, 9.17) is 11.6 Å². The molecular formula is C16H19ClN2OS. The number of nitrogens with zero attached hydrogens (tertiary/aromatic N) is 2. The van der Waals surface area contributed by atoms with Gasteiger partial charge in [0.05, 0.1) is 0 Å². The number of carbonyl (C=O) groups is 1. The molecule has 3 nitrogen and oxygen atoms in total. The number of amides is 1. The summed E-state index contributed by atoms with van der Waals surface area (Å²) in [6.07, 6.45) is 0. The van der Waals surface area contributed by atoms with Crippen molar-refractivity contribution in [3.8, 4) is 0 Å². The van der Waals surface area contributed by atoms with E-state index < -0.39 is 0 Å². The summed E-state index contributed by atoms with van der Waals surface area (Å²) in [5.74, 6) is -0.0454. The standard InChI is InChI=1S/C16H19ClN2OS/c1-16(2,3)13-7-12(8-14(17)18-13)15(20)19(4)9-11-5-6-21-10-11/h5-8,10H,9H2,1-4H3. The zero-order valence-corrected chi connectivity index (χ0v) is 14.3. The van der Waals surface area contributed by atoms with Crippen molar-refractivity contribution >= 4 is 28.8 Å². The van der Waals surface area contributed by atoms with Crippen LogP contribution in [0.15, 0.2) is 29.0 Å². The average Bonchev–Trinajstić information content (AvgIpc) is 2.88. The second-order valence-corrected chi connectivity index (χ2v) is 7.27. The molecule has 2 heterocycles. The molecule has 112 valence electrons. The van der Waals surface area contributed by atoms with Gasteiger partial charge >= 0.3 is 0 Å². The van der Waals surface area contributed by atoms with Gasteiger partial charge in [0.25, 0.3) is 5.91 Å². The molecule has 0 unspecified atom stereocenters. The lowest BCUT2D eigenvalue weighted by atomic mass is 9.91. The largest absolute Gasteiger partial charge is 0.337 e. The highest BCUT2D eigenvalue weighted by molar-refractivity contribution is 7.07. The Bertz CT molecular complexity index is 632. The Morgan fingerprint density at radius 3 is 2.67 bits per heavy atom. The zero-order chi connectivity index (χ0) is 15.6. The van der Waals surface area contributed by atoms with E-state index in [1.54, 1.807) is 29.4 Å². The van der Waals surface area contributed by atoms with Crippen molar-refractivity contribution < 1.29 is 4.79 Å². The fraction of sp³-hybridized carbons (Fsp3) is 0.375. The third-order valence-electron chi connectivity index (χ3n) is 3.16. The maximum Gasteiger partial charge on any atom is 0.254 e. The van der Waals surface area contributed by atoms with Crippen LogP contribution in [0, 0.1) is 0 Å². The van der Waals surface area contributed by atoms with Crippen LogP contribution >= 0.6 is 22.9 Å². The van der Waals surface area contributed by atoms with E-state index in [-0.39, 0.29) is 11.3 Å². The normalized spacial score (nSPS) is 11.5. The van der Waals surface area contributed by atoms with Crippen molar-refractivity contribution in [2.75, 3.05) is 7.05 Å². The van der Waals surface area contributed by atoms with Gasteiger partial charge in [0, 0.05) is 30.3 Å². The number of halogens is 1. The molecule has 0 atom stereocenters. The number of carbonyl (C=O) groups excluding carboxylic acids is 1. The summed E-state index contributed by atoms with van der Waals surface area (Å²) >= 11 is 7.70. The highest BCUT2D eigenvalue weighted by Gasteiger charge is 2.20. The van der Waals surface area contributed by atoms with Gasteiger partial charge in [-0.3, -0.25) is 4.79 Å². The monoisotopic (exact) mass is 322 g/mol. The Balaban J connectivity index is 2.24. The van der Waals surface area contributed by atoms with E-state index in [2.05, 4.69) is 25.8 Å².